The number of benzene rings is 5. The summed E-state index contributed by atoms with van der Waals surface area (Å²) >= 11 is 1.51. The number of esters is 1. The van der Waals surface area contributed by atoms with E-state index < -0.39 is 17.7 Å². The van der Waals surface area contributed by atoms with E-state index in [0.717, 1.165) is 54.0 Å². The van der Waals surface area contributed by atoms with E-state index in [2.05, 4.69) is 44.8 Å². The summed E-state index contributed by atoms with van der Waals surface area (Å²) in [6.07, 6.45) is 0.932. The number of phenolic OH excluding ortho intramolecular Hbond substituents is 1. The number of hydrogen-bond donors (Lipinski definition) is 6. The molecule has 0 aliphatic carbocycles. The Morgan fingerprint density at radius 3 is 2.30 bits per heavy atom. The first kappa shape index (κ1) is 43.2. The van der Waals surface area contributed by atoms with Gasteiger partial charge in [0.2, 0.25) is 11.2 Å². The minimum absolute atomic E-state index is 0.0653. The van der Waals surface area contributed by atoms with Crippen LogP contribution in [0.5, 0.6) is 5.75 Å². The molecule has 1 saturated heterocycles. The first-order valence-electron chi connectivity index (χ1n) is 21.1. The van der Waals surface area contributed by atoms with Crippen LogP contribution in [0.4, 0.5) is 0 Å². The Labute approximate surface area is 369 Å². The van der Waals surface area contributed by atoms with E-state index in [9.17, 15) is 29.7 Å². The van der Waals surface area contributed by atoms with Crippen LogP contribution in [0.1, 0.15) is 62.0 Å². The number of piperidine rings is 1. The highest BCUT2D eigenvalue weighted by molar-refractivity contribution is 7.10. The Bertz CT molecular complexity index is 2710. The number of nitrogens with one attached hydrogen (secondary N) is 3. The van der Waals surface area contributed by atoms with Gasteiger partial charge in [-0.1, -0.05) is 97.1 Å². The lowest BCUT2D eigenvalue weighted by Crippen LogP contribution is -2.40. The summed E-state index contributed by atoms with van der Waals surface area (Å²) < 4.78 is 5.94. The fourth-order valence-electron chi connectivity index (χ4n) is 8.14. The SMILES string of the molecule is O=C(NCc1cc(-c2cccc([C@](O)(C(=O)OCC3CCN(Cc4ccccc4)CC3)c3ccccc3)c2)cs1)c1ccc(CNC[C@H](O)c2ccc(O)c3[nH]c(=O)ccc23)cc1. The van der Waals surface area contributed by atoms with Gasteiger partial charge in [0, 0.05) is 47.1 Å². The van der Waals surface area contributed by atoms with E-state index in [-0.39, 0.29) is 41.8 Å². The average molecular weight is 863 g/mol. The Balaban J connectivity index is 0.848. The second-order valence-electron chi connectivity index (χ2n) is 16.1. The van der Waals surface area contributed by atoms with Gasteiger partial charge in [0.25, 0.3) is 5.91 Å². The van der Waals surface area contributed by atoms with Gasteiger partial charge >= 0.3 is 5.97 Å². The molecule has 2 atom stereocenters. The van der Waals surface area contributed by atoms with Crippen LogP contribution in [-0.4, -0.2) is 63.3 Å². The number of H-pyrrole nitrogens is 1. The number of amides is 1. The highest BCUT2D eigenvalue weighted by Crippen LogP contribution is 2.36. The first-order chi connectivity index (χ1) is 30.6. The molecule has 0 spiro atoms. The lowest BCUT2D eigenvalue weighted by atomic mass is 9.85. The van der Waals surface area contributed by atoms with Crippen LogP contribution in [0.25, 0.3) is 22.0 Å². The summed E-state index contributed by atoms with van der Waals surface area (Å²) in [4.78, 5) is 44.8. The largest absolute Gasteiger partial charge is 0.506 e. The number of aromatic amines is 1. The van der Waals surface area contributed by atoms with Crippen molar-refractivity contribution in [3.63, 3.8) is 0 Å². The predicted molar refractivity (Wildman–Crippen MR) is 245 cm³/mol. The molecule has 0 radical (unpaired) electrons. The zero-order chi connectivity index (χ0) is 43.8. The maximum Gasteiger partial charge on any atom is 0.347 e. The molecule has 11 nitrogen and oxygen atoms in total. The predicted octanol–water partition coefficient (Wildman–Crippen LogP) is 7.41. The van der Waals surface area contributed by atoms with E-state index in [1.54, 1.807) is 54.6 Å². The number of pyridine rings is 1. The number of rotatable bonds is 16. The number of hydrogen-bond acceptors (Lipinski definition) is 10. The average Bonchev–Trinajstić information content (AvgIpc) is 3.80. The van der Waals surface area contributed by atoms with Crippen molar-refractivity contribution >= 4 is 34.1 Å². The molecular formula is C51H50N4O7S. The van der Waals surface area contributed by atoms with Gasteiger partial charge in [0.1, 0.15) is 5.75 Å². The van der Waals surface area contributed by atoms with Crippen molar-refractivity contribution in [2.45, 2.75) is 44.2 Å². The molecule has 1 aliphatic rings. The van der Waals surface area contributed by atoms with Gasteiger partial charge in [-0.2, -0.15) is 0 Å². The summed E-state index contributed by atoms with van der Waals surface area (Å²) in [5, 5.41) is 42.1. The van der Waals surface area contributed by atoms with Crippen molar-refractivity contribution in [2.24, 2.45) is 5.92 Å². The topological polar surface area (TPSA) is 164 Å². The minimum Gasteiger partial charge on any atom is -0.506 e. The second kappa shape index (κ2) is 19.7. The molecular weight excluding hydrogens is 813 g/mol. The number of aromatic hydroxyl groups is 1. The molecule has 2 aromatic heterocycles. The molecule has 0 unspecified atom stereocenters. The molecule has 1 aliphatic heterocycles. The number of fused-ring (bicyclic) bond motifs is 1. The van der Waals surface area contributed by atoms with E-state index in [0.29, 0.717) is 40.7 Å². The number of phenols is 1. The Hall–Kier alpha value is -6.41. The number of aliphatic hydroxyl groups excluding tert-OH is 1. The molecule has 3 heterocycles. The molecule has 5 aromatic carbocycles. The highest BCUT2D eigenvalue weighted by atomic mass is 32.1. The summed E-state index contributed by atoms with van der Waals surface area (Å²) in [7, 11) is 0. The number of ether oxygens (including phenoxy) is 1. The number of thiophene rings is 1. The summed E-state index contributed by atoms with van der Waals surface area (Å²) in [6, 6.07) is 41.9. The van der Waals surface area contributed by atoms with Crippen molar-refractivity contribution in [3.8, 4) is 16.9 Å². The van der Waals surface area contributed by atoms with Gasteiger partial charge in [-0.3, -0.25) is 14.5 Å². The van der Waals surface area contributed by atoms with Gasteiger partial charge in [0.05, 0.1) is 24.8 Å². The van der Waals surface area contributed by atoms with E-state index >= 15 is 0 Å². The molecule has 1 fully saturated rings. The van der Waals surface area contributed by atoms with Crippen LogP contribution in [0.3, 0.4) is 0 Å². The van der Waals surface area contributed by atoms with Crippen molar-refractivity contribution in [1.82, 2.24) is 20.5 Å². The maximum atomic E-state index is 14.0. The third-order valence-electron chi connectivity index (χ3n) is 11.7. The smallest absolute Gasteiger partial charge is 0.347 e. The highest BCUT2D eigenvalue weighted by Gasteiger charge is 2.42. The quantitative estimate of drug-likeness (QED) is 0.0544. The van der Waals surface area contributed by atoms with Crippen LogP contribution in [0.2, 0.25) is 0 Å². The van der Waals surface area contributed by atoms with Crippen LogP contribution in [0.15, 0.2) is 150 Å². The Morgan fingerprint density at radius 1 is 0.810 bits per heavy atom. The number of carbonyl (C=O) groups is 2. The molecule has 8 rings (SSSR count). The minimum atomic E-state index is -2.02. The number of likely N-dealkylation sites (tertiary alicyclic amines) is 1. The van der Waals surface area contributed by atoms with Gasteiger partial charge in [-0.05, 0) is 107 Å². The molecule has 63 heavy (non-hydrogen) atoms. The van der Waals surface area contributed by atoms with E-state index in [1.807, 2.05) is 53.9 Å². The number of nitrogens with zero attached hydrogens (tertiary/aromatic N) is 1. The van der Waals surface area contributed by atoms with Crippen molar-refractivity contribution in [1.29, 1.82) is 0 Å². The van der Waals surface area contributed by atoms with Gasteiger partial charge < -0.3 is 35.7 Å². The summed E-state index contributed by atoms with van der Waals surface area (Å²) in [5.74, 6) is -0.774. The molecule has 6 N–H and O–H groups in total. The number of carbonyl (C=O) groups excluding carboxylic acids is 2. The Morgan fingerprint density at radius 2 is 1.54 bits per heavy atom. The Kier molecular flexibility index (Phi) is 13.6. The number of aliphatic hydroxyl groups is 2. The lowest BCUT2D eigenvalue weighted by molar-refractivity contribution is -0.164. The van der Waals surface area contributed by atoms with Gasteiger partial charge in [-0.25, -0.2) is 4.79 Å². The van der Waals surface area contributed by atoms with E-state index in [4.69, 9.17) is 4.74 Å². The maximum absolute atomic E-state index is 14.0. The molecule has 0 saturated carbocycles. The van der Waals surface area contributed by atoms with Crippen molar-refractivity contribution in [2.75, 3.05) is 26.2 Å². The van der Waals surface area contributed by atoms with E-state index in [1.165, 1.54) is 29.0 Å². The normalized spacial score (nSPS) is 14.8. The number of aromatic nitrogens is 1. The lowest BCUT2D eigenvalue weighted by Gasteiger charge is -2.33. The van der Waals surface area contributed by atoms with Gasteiger partial charge in [0.15, 0.2) is 0 Å². The van der Waals surface area contributed by atoms with Crippen molar-refractivity contribution < 1.29 is 29.6 Å². The third-order valence-corrected chi connectivity index (χ3v) is 12.7. The molecule has 1 amide bonds. The van der Waals surface area contributed by atoms with Crippen molar-refractivity contribution in [3.05, 3.63) is 194 Å². The summed E-state index contributed by atoms with van der Waals surface area (Å²) in [5.41, 5.74) is 3.77. The molecule has 0 bridgehead atoms. The van der Waals surface area contributed by atoms with Crippen LogP contribution in [-0.2, 0) is 34.8 Å². The van der Waals surface area contributed by atoms with Crippen LogP contribution in [0, 0.1) is 5.92 Å². The summed E-state index contributed by atoms with van der Waals surface area (Å²) in [6.45, 7) is 3.97. The van der Waals surface area contributed by atoms with Crippen LogP contribution >= 0.6 is 11.3 Å². The standard InChI is InChI=1S/C51H50N4O7S/c56-45-20-18-43(44-19-21-47(58)54-48(44)45)46(57)30-52-28-34-14-16-37(17-15-34)49(59)53-29-42-27-39(33-63-42)38-10-7-13-41(26-38)51(61,40-11-5-2-6-12-40)50(60)62-32-36-22-24-55(25-23-36)31-35-8-3-1-4-9-35/h1-21,26-27,33,36,46,52,56-57,61H,22-25,28-32H2,(H,53,59)(H,54,58)/t46-,51-/m0/s1. The van der Waals surface area contributed by atoms with Crippen LogP contribution < -0.4 is 16.2 Å². The molecule has 322 valence electrons. The first-order valence-corrected chi connectivity index (χ1v) is 22.0. The fraction of sp³-hybridized carbons (Fsp3) is 0.235. The zero-order valence-corrected chi connectivity index (χ0v) is 35.5. The second-order valence-corrected chi connectivity index (χ2v) is 17.1. The van der Waals surface area contributed by atoms with Gasteiger partial charge in [-0.15, -0.1) is 11.3 Å². The zero-order valence-electron chi connectivity index (χ0n) is 34.7. The fourth-order valence-corrected chi connectivity index (χ4v) is 8.97. The molecule has 12 heteroatoms. The monoisotopic (exact) mass is 862 g/mol. The molecule has 7 aromatic rings. The third kappa shape index (κ3) is 10.3.